The number of nitrogens with zero attached hydrogens (tertiary/aromatic N) is 2. The van der Waals surface area contributed by atoms with E-state index in [0.29, 0.717) is 11.2 Å². The van der Waals surface area contributed by atoms with Gasteiger partial charge in [0.1, 0.15) is 5.75 Å². The summed E-state index contributed by atoms with van der Waals surface area (Å²) in [6.45, 7) is 9.28. The number of hydrogen-bond acceptors (Lipinski definition) is 3. The Morgan fingerprint density at radius 3 is 2.33 bits per heavy atom. The van der Waals surface area contributed by atoms with Crippen molar-refractivity contribution in [1.29, 1.82) is 0 Å². The quantitative estimate of drug-likeness (QED) is 0.901. The second-order valence-corrected chi connectivity index (χ2v) is 7.66. The third-order valence-corrected chi connectivity index (χ3v) is 6.14. The number of anilines is 2. The van der Waals surface area contributed by atoms with Gasteiger partial charge in [-0.1, -0.05) is 13.8 Å². The Hall–Kier alpha value is -1.38. The van der Waals surface area contributed by atoms with E-state index in [2.05, 4.69) is 35.8 Å². The summed E-state index contributed by atoms with van der Waals surface area (Å²) < 4.78 is 0. The molecule has 1 aromatic carbocycles. The third-order valence-electron chi connectivity index (χ3n) is 6.14. The molecule has 3 nitrogen and oxygen atoms in total. The van der Waals surface area contributed by atoms with Crippen LogP contribution in [-0.4, -0.2) is 31.3 Å². The summed E-state index contributed by atoms with van der Waals surface area (Å²) in [4.78, 5) is 4.86. The molecule has 4 rings (SSSR count). The van der Waals surface area contributed by atoms with E-state index in [1.807, 2.05) is 6.07 Å². The molecule has 1 N–H and O–H groups in total. The molecule has 0 radical (unpaired) electrons. The van der Waals surface area contributed by atoms with Gasteiger partial charge >= 0.3 is 0 Å². The van der Waals surface area contributed by atoms with E-state index in [1.165, 1.54) is 24.9 Å². The average Bonchev–Trinajstić information content (AvgIpc) is 2.87. The largest absolute Gasteiger partial charge is 0.506 e. The minimum absolute atomic E-state index is 0.440. The van der Waals surface area contributed by atoms with Gasteiger partial charge in [-0.3, -0.25) is 0 Å². The van der Waals surface area contributed by atoms with Crippen LogP contribution in [0.25, 0.3) is 0 Å². The highest BCUT2D eigenvalue weighted by Gasteiger charge is 2.62. The van der Waals surface area contributed by atoms with Gasteiger partial charge in [-0.15, -0.1) is 0 Å². The fourth-order valence-electron chi connectivity index (χ4n) is 4.44. The number of rotatable bonds is 2. The first-order chi connectivity index (χ1) is 10.1. The summed E-state index contributed by atoms with van der Waals surface area (Å²) in [6, 6.07) is 6.16. The molecule has 114 valence electrons. The molecular weight excluding hydrogens is 260 g/mol. The van der Waals surface area contributed by atoms with Crippen molar-refractivity contribution in [3.05, 3.63) is 18.2 Å². The van der Waals surface area contributed by atoms with Gasteiger partial charge in [0.15, 0.2) is 0 Å². The Balaban J connectivity index is 1.55. The maximum absolute atomic E-state index is 10.3. The van der Waals surface area contributed by atoms with Crippen LogP contribution in [0.1, 0.15) is 33.1 Å². The van der Waals surface area contributed by atoms with E-state index in [0.717, 1.165) is 43.7 Å². The van der Waals surface area contributed by atoms with Gasteiger partial charge in [0.2, 0.25) is 0 Å². The van der Waals surface area contributed by atoms with Crippen LogP contribution < -0.4 is 9.80 Å². The van der Waals surface area contributed by atoms with E-state index in [4.69, 9.17) is 0 Å². The Labute approximate surface area is 127 Å². The third kappa shape index (κ3) is 2.09. The van der Waals surface area contributed by atoms with Crippen LogP contribution in [0.3, 0.4) is 0 Å². The van der Waals surface area contributed by atoms with E-state index in [-0.39, 0.29) is 0 Å². The monoisotopic (exact) mass is 286 g/mol. The maximum atomic E-state index is 10.3. The molecule has 3 aliphatic rings. The van der Waals surface area contributed by atoms with Crippen molar-refractivity contribution < 1.29 is 5.11 Å². The minimum atomic E-state index is 0.440. The van der Waals surface area contributed by atoms with Crippen LogP contribution in [-0.2, 0) is 0 Å². The molecule has 2 atom stereocenters. The number of aromatic hydroxyl groups is 1. The molecule has 0 spiro atoms. The summed E-state index contributed by atoms with van der Waals surface area (Å²) in [5, 5.41) is 10.3. The fourth-order valence-corrected chi connectivity index (χ4v) is 4.44. The summed E-state index contributed by atoms with van der Waals surface area (Å²) in [5.41, 5.74) is 2.85. The first-order valence-electron chi connectivity index (χ1n) is 8.40. The van der Waals surface area contributed by atoms with Gasteiger partial charge in [0, 0.05) is 31.9 Å². The number of fused-ring (bicyclic) bond motifs is 1. The number of piperidine rings is 2. The second kappa shape index (κ2) is 4.56. The van der Waals surface area contributed by atoms with Crippen molar-refractivity contribution in [2.45, 2.75) is 33.1 Å². The van der Waals surface area contributed by atoms with Crippen molar-refractivity contribution in [1.82, 2.24) is 0 Å². The van der Waals surface area contributed by atoms with Crippen LogP contribution in [0, 0.1) is 17.3 Å². The zero-order valence-corrected chi connectivity index (χ0v) is 13.2. The van der Waals surface area contributed by atoms with Gasteiger partial charge in [-0.2, -0.15) is 0 Å². The van der Waals surface area contributed by atoms with Crippen molar-refractivity contribution in [3.8, 4) is 5.75 Å². The SMILES string of the molecule is CC1(C)C2CN(c3cc(N4CCCCC4)ccc3O)CC21. The molecule has 0 bridgehead atoms. The van der Waals surface area contributed by atoms with E-state index < -0.39 is 0 Å². The lowest BCUT2D eigenvalue weighted by atomic mass is 10.1. The van der Waals surface area contributed by atoms with Crippen LogP contribution in [0.15, 0.2) is 18.2 Å². The molecule has 1 aliphatic carbocycles. The summed E-state index contributed by atoms with van der Waals surface area (Å²) in [6.07, 6.45) is 3.93. The Kier molecular flexibility index (Phi) is 2.88. The van der Waals surface area contributed by atoms with Gasteiger partial charge in [0.05, 0.1) is 5.69 Å². The van der Waals surface area contributed by atoms with Crippen molar-refractivity contribution in [2.24, 2.45) is 17.3 Å². The smallest absolute Gasteiger partial charge is 0.139 e. The van der Waals surface area contributed by atoms with Gasteiger partial charge in [0.25, 0.3) is 0 Å². The summed E-state index contributed by atoms with van der Waals surface area (Å²) in [7, 11) is 0. The molecule has 3 fully saturated rings. The molecule has 2 saturated heterocycles. The summed E-state index contributed by atoms with van der Waals surface area (Å²) >= 11 is 0. The standard InChI is InChI=1S/C18H26N2O/c1-18(2)14-11-20(12-15(14)18)16-10-13(6-7-17(16)21)19-8-4-3-5-9-19/h6-7,10,14-15,21H,3-5,8-9,11-12H2,1-2H3. The van der Waals surface area contributed by atoms with Gasteiger partial charge in [-0.25, -0.2) is 0 Å². The minimum Gasteiger partial charge on any atom is -0.506 e. The second-order valence-electron chi connectivity index (χ2n) is 7.66. The average molecular weight is 286 g/mol. The molecule has 2 unspecified atom stereocenters. The lowest BCUT2D eigenvalue weighted by Crippen LogP contribution is -2.30. The van der Waals surface area contributed by atoms with E-state index >= 15 is 0 Å². The van der Waals surface area contributed by atoms with Crippen LogP contribution in [0.5, 0.6) is 5.75 Å². The predicted octanol–water partition coefficient (Wildman–Crippen LogP) is 3.47. The first kappa shape index (κ1) is 13.3. The zero-order valence-electron chi connectivity index (χ0n) is 13.2. The lowest BCUT2D eigenvalue weighted by molar-refractivity contribution is 0.465. The highest BCUT2D eigenvalue weighted by atomic mass is 16.3. The topological polar surface area (TPSA) is 26.7 Å². The van der Waals surface area contributed by atoms with E-state index in [1.54, 1.807) is 0 Å². The molecule has 3 heteroatoms. The zero-order chi connectivity index (χ0) is 14.6. The predicted molar refractivity (Wildman–Crippen MR) is 87.1 cm³/mol. The van der Waals surface area contributed by atoms with Crippen molar-refractivity contribution in [2.75, 3.05) is 36.0 Å². The Morgan fingerprint density at radius 1 is 1.00 bits per heavy atom. The lowest BCUT2D eigenvalue weighted by Gasteiger charge is -2.31. The van der Waals surface area contributed by atoms with Crippen molar-refractivity contribution >= 4 is 11.4 Å². The fraction of sp³-hybridized carbons (Fsp3) is 0.667. The molecule has 0 aromatic heterocycles. The number of phenolic OH excluding ortho intramolecular Hbond substituents is 1. The van der Waals surface area contributed by atoms with E-state index in [9.17, 15) is 5.11 Å². The number of phenols is 1. The molecule has 2 heterocycles. The highest BCUT2D eigenvalue weighted by molar-refractivity contribution is 5.67. The molecular formula is C18H26N2O. The number of hydrogen-bond donors (Lipinski definition) is 1. The number of benzene rings is 1. The van der Waals surface area contributed by atoms with Crippen LogP contribution in [0.2, 0.25) is 0 Å². The van der Waals surface area contributed by atoms with Crippen LogP contribution >= 0.6 is 0 Å². The Bertz CT molecular complexity index is 534. The van der Waals surface area contributed by atoms with Crippen molar-refractivity contribution in [3.63, 3.8) is 0 Å². The van der Waals surface area contributed by atoms with Gasteiger partial charge < -0.3 is 14.9 Å². The van der Waals surface area contributed by atoms with Gasteiger partial charge in [-0.05, 0) is 54.7 Å². The first-order valence-corrected chi connectivity index (χ1v) is 8.40. The molecule has 1 saturated carbocycles. The summed E-state index contributed by atoms with van der Waals surface area (Å²) in [5.74, 6) is 2.07. The molecule has 0 amide bonds. The highest BCUT2D eigenvalue weighted by Crippen LogP contribution is 2.62. The van der Waals surface area contributed by atoms with Crippen LogP contribution in [0.4, 0.5) is 11.4 Å². The Morgan fingerprint density at radius 2 is 1.67 bits per heavy atom. The maximum Gasteiger partial charge on any atom is 0.139 e. The molecule has 2 aliphatic heterocycles. The normalized spacial score (nSPS) is 30.4. The molecule has 21 heavy (non-hydrogen) atoms. The molecule has 1 aromatic rings.